The van der Waals surface area contributed by atoms with E-state index in [0.717, 1.165) is 23.0 Å². The highest BCUT2D eigenvalue weighted by atomic mass is 35.5. The van der Waals surface area contributed by atoms with Crippen LogP contribution in [0.4, 0.5) is 0 Å². The summed E-state index contributed by atoms with van der Waals surface area (Å²) in [5.74, 6) is 0. The molecule has 0 bridgehead atoms. The van der Waals surface area contributed by atoms with Crippen LogP contribution in [-0.2, 0) is 0 Å². The molecule has 6 heteroatoms. The van der Waals surface area contributed by atoms with Gasteiger partial charge in [-0.2, -0.15) is 5.10 Å². The first kappa shape index (κ1) is 13.3. The maximum absolute atomic E-state index is 5.99. The van der Waals surface area contributed by atoms with E-state index in [1.165, 1.54) is 0 Å². The Hall–Kier alpha value is -1.17. The van der Waals surface area contributed by atoms with Crippen molar-refractivity contribution in [3.05, 3.63) is 23.1 Å². The molecule has 0 aliphatic carbocycles. The monoisotopic (exact) mass is 267 g/mol. The summed E-state index contributed by atoms with van der Waals surface area (Å²) in [6.07, 6.45) is 2.70. The number of hydrogen-bond donors (Lipinski definition) is 2. The second-order valence-corrected chi connectivity index (χ2v) is 4.84. The fourth-order valence-electron chi connectivity index (χ4n) is 1.93. The Morgan fingerprint density at radius 3 is 2.83 bits per heavy atom. The van der Waals surface area contributed by atoms with E-state index in [0.29, 0.717) is 11.7 Å². The number of aromatic nitrogens is 3. The van der Waals surface area contributed by atoms with Crippen molar-refractivity contribution in [2.75, 3.05) is 6.54 Å². The quantitative estimate of drug-likeness (QED) is 0.830. The van der Waals surface area contributed by atoms with E-state index < -0.39 is 0 Å². The lowest BCUT2D eigenvalue weighted by molar-refractivity contribution is 0.483. The highest BCUT2D eigenvalue weighted by Gasteiger charge is 2.18. The predicted molar refractivity (Wildman–Crippen MR) is 73.5 cm³/mol. The van der Waals surface area contributed by atoms with Gasteiger partial charge in [-0.05, 0) is 13.3 Å². The van der Waals surface area contributed by atoms with Crippen molar-refractivity contribution in [3.8, 4) is 0 Å². The van der Waals surface area contributed by atoms with Gasteiger partial charge in [-0.3, -0.25) is 4.68 Å². The van der Waals surface area contributed by atoms with E-state index in [1.54, 1.807) is 6.20 Å². The first-order chi connectivity index (χ1) is 8.58. The normalized spacial score (nSPS) is 14.9. The summed E-state index contributed by atoms with van der Waals surface area (Å²) < 4.78 is 1.95. The molecule has 0 fully saturated rings. The Balaban J connectivity index is 2.67. The van der Waals surface area contributed by atoms with Crippen molar-refractivity contribution >= 4 is 22.5 Å². The van der Waals surface area contributed by atoms with Crippen LogP contribution >= 0.6 is 11.6 Å². The molecule has 0 aromatic carbocycles. The number of halogens is 1. The molecule has 0 saturated carbocycles. The summed E-state index contributed by atoms with van der Waals surface area (Å²) in [5.41, 5.74) is 13.4. The van der Waals surface area contributed by atoms with Gasteiger partial charge in [-0.25, -0.2) is 4.98 Å². The Labute approximate surface area is 111 Å². The van der Waals surface area contributed by atoms with Crippen molar-refractivity contribution < 1.29 is 0 Å². The van der Waals surface area contributed by atoms with Crippen LogP contribution in [0.3, 0.4) is 0 Å². The molecule has 2 atom stereocenters. The van der Waals surface area contributed by atoms with Gasteiger partial charge in [0.2, 0.25) is 0 Å². The number of nitrogens with zero attached hydrogens (tertiary/aromatic N) is 3. The van der Waals surface area contributed by atoms with Crippen molar-refractivity contribution in [1.29, 1.82) is 0 Å². The minimum atomic E-state index is -0.277. The van der Waals surface area contributed by atoms with Gasteiger partial charge in [-0.15, -0.1) is 0 Å². The van der Waals surface area contributed by atoms with Crippen LogP contribution < -0.4 is 11.5 Å². The minimum Gasteiger partial charge on any atom is -0.329 e. The van der Waals surface area contributed by atoms with E-state index in [-0.39, 0.29) is 12.1 Å². The van der Waals surface area contributed by atoms with Crippen LogP contribution in [0.15, 0.2) is 12.3 Å². The zero-order valence-corrected chi connectivity index (χ0v) is 11.4. The van der Waals surface area contributed by atoms with Crippen molar-refractivity contribution in [2.24, 2.45) is 11.5 Å². The molecule has 2 aromatic rings. The van der Waals surface area contributed by atoms with Gasteiger partial charge < -0.3 is 11.5 Å². The molecule has 2 aromatic heterocycles. The largest absolute Gasteiger partial charge is 0.329 e. The second-order valence-electron chi connectivity index (χ2n) is 4.45. The molecular weight excluding hydrogens is 250 g/mol. The molecule has 0 radical (unpaired) electrons. The summed E-state index contributed by atoms with van der Waals surface area (Å²) in [6, 6.07) is 1.83. The SMILES string of the molecule is CCC(C)n1nc(C(N)CN)c2cnc(Cl)cc21. The second kappa shape index (κ2) is 5.22. The molecule has 0 aliphatic heterocycles. The number of nitrogens with two attached hydrogens (primary N) is 2. The molecule has 5 nitrogen and oxygen atoms in total. The van der Waals surface area contributed by atoms with E-state index in [2.05, 4.69) is 23.9 Å². The fourth-order valence-corrected chi connectivity index (χ4v) is 2.08. The number of hydrogen-bond acceptors (Lipinski definition) is 4. The van der Waals surface area contributed by atoms with Gasteiger partial charge in [0.05, 0.1) is 17.3 Å². The molecule has 2 rings (SSSR count). The summed E-state index contributed by atoms with van der Waals surface area (Å²) in [4.78, 5) is 4.10. The van der Waals surface area contributed by atoms with E-state index >= 15 is 0 Å². The zero-order chi connectivity index (χ0) is 13.3. The molecule has 0 aliphatic rings. The first-order valence-electron chi connectivity index (χ1n) is 6.07. The van der Waals surface area contributed by atoms with E-state index in [4.69, 9.17) is 23.1 Å². The van der Waals surface area contributed by atoms with Gasteiger partial charge in [0.25, 0.3) is 0 Å². The lowest BCUT2D eigenvalue weighted by atomic mass is 10.1. The Morgan fingerprint density at radius 1 is 1.50 bits per heavy atom. The first-order valence-corrected chi connectivity index (χ1v) is 6.45. The Bertz CT molecular complexity index is 551. The van der Waals surface area contributed by atoms with Crippen molar-refractivity contribution in [1.82, 2.24) is 14.8 Å². The third kappa shape index (κ3) is 2.21. The molecule has 0 amide bonds. The van der Waals surface area contributed by atoms with Crippen LogP contribution in [0, 0.1) is 0 Å². The molecule has 18 heavy (non-hydrogen) atoms. The topological polar surface area (TPSA) is 82.8 Å². The highest BCUT2D eigenvalue weighted by molar-refractivity contribution is 6.30. The van der Waals surface area contributed by atoms with E-state index in [9.17, 15) is 0 Å². The average molecular weight is 268 g/mol. The molecular formula is C12H18ClN5. The van der Waals surface area contributed by atoms with Crippen LogP contribution in [0.2, 0.25) is 5.15 Å². The molecule has 4 N–H and O–H groups in total. The summed E-state index contributed by atoms with van der Waals surface area (Å²) in [7, 11) is 0. The lowest BCUT2D eigenvalue weighted by Crippen LogP contribution is -2.21. The van der Waals surface area contributed by atoms with Gasteiger partial charge in [0.1, 0.15) is 5.15 Å². The van der Waals surface area contributed by atoms with Crippen LogP contribution in [0.25, 0.3) is 10.9 Å². The molecule has 2 heterocycles. The zero-order valence-electron chi connectivity index (χ0n) is 10.6. The average Bonchev–Trinajstić information content (AvgIpc) is 2.75. The Morgan fingerprint density at radius 2 is 2.22 bits per heavy atom. The molecule has 0 spiro atoms. The molecule has 2 unspecified atom stereocenters. The summed E-state index contributed by atoms with van der Waals surface area (Å²) in [5, 5.41) is 5.97. The van der Waals surface area contributed by atoms with Crippen molar-refractivity contribution in [2.45, 2.75) is 32.4 Å². The summed E-state index contributed by atoms with van der Waals surface area (Å²) in [6.45, 7) is 4.58. The van der Waals surface area contributed by atoms with Crippen LogP contribution in [0.1, 0.15) is 38.0 Å². The van der Waals surface area contributed by atoms with Crippen LogP contribution in [0.5, 0.6) is 0 Å². The number of pyridine rings is 1. The van der Waals surface area contributed by atoms with Crippen molar-refractivity contribution in [3.63, 3.8) is 0 Å². The maximum atomic E-state index is 5.99. The smallest absolute Gasteiger partial charge is 0.131 e. The summed E-state index contributed by atoms with van der Waals surface area (Å²) >= 11 is 5.95. The highest BCUT2D eigenvalue weighted by Crippen LogP contribution is 2.27. The minimum absolute atomic E-state index is 0.277. The van der Waals surface area contributed by atoms with Gasteiger partial charge >= 0.3 is 0 Å². The number of rotatable bonds is 4. The maximum Gasteiger partial charge on any atom is 0.131 e. The van der Waals surface area contributed by atoms with Crippen LogP contribution in [-0.4, -0.2) is 21.3 Å². The van der Waals surface area contributed by atoms with Gasteiger partial charge in [0, 0.05) is 30.2 Å². The number of fused-ring (bicyclic) bond motifs is 1. The lowest BCUT2D eigenvalue weighted by Gasteiger charge is -2.10. The predicted octanol–water partition coefficient (Wildman–Crippen LogP) is 2.01. The van der Waals surface area contributed by atoms with Gasteiger partial charge in [0.15, 0.2) is 0 Å². The van der Waals surface area contributed by atoms with E-state index in [1.807, 2.05) is 10.7 Å². The third-order valence-electron chi connectivity index (χ3n) is 3.20. The third-order valence-corrected chi connectivity index (χ3v) is 3.41. The molecule has 0 saturated heterocycles. The standard InChI is InChI=1S/C12H18ClN5/c1-3-7(2)18-10-4-11(13)16-6-8(10)12(17-18)9(15)5-14/h4,6-7,9H,3,5,14-15H2,1-2H3. The fraction of sp³-hybridized carbons (Fsp3) is 0.500. The Kier molecular flexibility index (Phi) is 3.85. The van der Waals surface area contributed by atoms with Gasteiger partial charge in [-0.1, -0.05) is 18.5 Å². The molecule has 98 valence electrons.